The highest BCUT2D eigenvalue weighted by Gasteiger charge is 2.44. The number of amides is 1. The molecule has 4 nitrogen and oxygen atoms in total. The molecule has 110 valence electrons. The van der Waals surface area contributed by atoms with Crippen LogP contribution in [0.2, 0.25) is 0 Å². The summed E-state index contributed by atoms with van der Waals surface area (Å²) in [5.41, 5.74) is 0.0370. The van der Waals surface area contributed by atoms with Crippen molar-refractivity contribution in [2.24, 2.45) is 0 Å². The lowest BCUT2D eigenvalue weighted by molar-refractivity contribution is -0.137. The van der Waals surface area contributed by atoms with Crippen molar-refractivity contribution in [1.82, 2.24) is 9.80 Å². The summed E-state index contributed by atoms with van der Waals surface area (Å²) < 4.78 is 0. The number of nitrogens with zero attached hydrogens (tertiary/aromatic N) is 2. The topological polar surface area (TPSA) is 43.8 Å². The normalized spacial score (nSPS) is 29.8. The van der Waals surface area contributed by atoms with Crippen LogP contribution in [0.5, 0.6) is 0 Å². The Bertz CT molecular complexity index is 324. The molecule has 0 radical (unpaired) electrons. The van der Waals surface area contributed by atoms with E-state index in [1.54, 1.807) is 0 Å². The van der Waals surface area contributed by atoms with Gasteiger partial charge in [-0.05, 0) is 39.5 Å². The van der Waals surface area contributed by atoms with Gasteiger partial charge in [0.05, 0.1) is 6.04 Å². The summed E-state index contributed by atoms with van der Waals surface area (Å²) in [7, 11) is 1.89. The first kappa shape index (κ1) is 14.8. The zero-order valence-corrected chi connectivity index (χ0v) is 12.6. The highest BCUT2D eigenvalue weighted by molar-refractivity contribution is 5.82. The Labute approximate surface area is 116 Å². The van der Waals surface area contributed by atoms with Crippen molar-refractivity contribution in [2.75, 3.05) is 20.2 Å². The van der Waals surface area contributed by atoms with Gasteiger partial charge in [0.25, 0.3) is 0 Å². The summed E-state index contributed by atoms with van der Waals surface area (Å²) in [6.07, 6.45) is 6.50. The molecule has 2 fully saturated rings. The van der Waals surface area contributed by atoms with Crippen LogP contribution in [0, 0.1) is 0 Å². The van der Waals surface area contributed by atoms with Crippen molar-refractivity contribution in [2.45, 2.75) is 70.0 Å². The lowest BCUT2D eigenvalue weighted by atomic mass is 9.93. The van der Waals surface area contributed by atoms with Crippen molar-refractivity contribution < 1.29 is 9.90 Å². The number of hydrogen-bond donors (Lipinski definition) is 1. The van der Waals surface area contributed by atoms with Gasteiger partial charge in [0, 0.05) is 31.8 Å². The Kier molecular flexibility index (Phi) is 4.51. The van der Waals surface area contributed by atoms with Gasteiger partial charge in [-0.2, -0.15) is 0 Å². The minimum absolute atomic E-state index is 0.0370. The van der Waals surface area contributed by atoms with Gasteiger partial charge in [0.15, 0.2) is 0 Å². The lowest BCUT2D eigenvalue weighted by Crippen LogP contribution is -2.56. The molecule has 19 heavy (non-hydrogen) atoms. The third kappa shape index (κ3) is 2.95. The van der Waals surface area contributed by atoms with Gasteiger partial charge >= 0.3 is 0 Å². The summed E-state index contributed by atoms with van der Waals surface area (Å²) >= 11 is 0. The minimum atomic E-state index is -0.143. The van der Waals surface area contributed by atoms with Crippen LogP contribution < -0.4 is 0 Å². The largest absolute Gasteiger partial charge is 0.396 e. The molecule has 4 heteroatoms. The van der Waals surface area contributed by atoms with E-state index >= 15 is 0 Å². The maximum Gasteiger partial charge on any atom is 0.239 e. The van der Waals surface area contributed by atoms with Gasteiger partial charge in [-0.1, -0.05) is 12.8 Å². The molecule has 1 saturated heterocycles. The van der Waals surface area contributed by atoms with E-state index < -0.39 is 0 Å². The van der Waals surface area contributed by atoms with Gasteiger partial charge in [-0.15, -0.1) is 0 Å². The lowest BCUT2D eigenvalue weighted by Gasteiger charge is -2.45. The van der Waals surface area contributed by atoms with Crippen molar-refractivity contribution >= 4 is 5.91 Å². The maximum atomic E-state index is 12.6. The van der Waals surface area contributed by atoms with Gasteiger partial charge < -0.3 is 10.0 Å². The molecule has 0 aromatic heterocycles. The molecule has 1 amide bonds. The molecule has 1 heterocycles. The molecule has 1 saturated carbocycles. The molecule has 0 spiro atoms. The van der Waals surface area contributed by atoms with Crippen LogP contribution in [0.25, 0.3) is 0 Å². The summed E-state index contributed by atoms with van der Waals surface area (Å²) in [6, 6.07) is 0.373. The highest BCUT2D eigenvalue weighted by atomic mass is 16.3. The molecule has 1 N–H and O–H groups in total. The van der Waals surface area contributed by atoms with Crippen LogP contribution in [0.4, 0.5) is 0 Å². The summed E-state index contributed by atoms with van der Waals surface area (Å²) in [5, 5.41) is 9.35. The van der Waals surface area contributed by atoms with Crippen LogP contribution in [-0.4, -0.2) is 58.6 Å². The Balaban J connectivity index is 2.30. The number of rotatable bonds is 3. The Morgan fingerprint density at radius 2 is 1.95 bits per heavy atom. The zero-order chi connectivity index (χ0) is 14.0. The average Bonchev–Trinajstić information content (AvgIpc) is 2.85. The number of aliphatic hydroxyl groups excluding tert-OH is 1. The molecule has 2 aliphatic rings. The molecular formula is C15H28N2O2. The van der Waals surface area contributed by atoms with Crippen molar-refractivity contribution in [3.8, 4) is 0 Å². The van der Waals surface area contributed by atoms with E-state index in [9.17, 15) is 9.90 Å². The summed E-state index contributed by atoms with van der Waals surface area (Å²) in [5.74, 6) is 0.187. The maximum absolute atomic E-state index is 12.6. The predicted octanol–water partition coefficient (Wildman–Crippen LogP) is 1.62. The number of aliphatic hydroxyl groups is 1. The predicted molar refractivity (Wildman–Crippen MR) is 75.9 cm³/mol. The molecule has 1 aliphatic heterocycles. The quantitative estimate of drug-likeness (QED) is 0.846. The fourth-order valence-electron chi connectivity index (χ4n) is 3.79. The Morgan fingerprint density at radius 1 is 1.32 bits per heavy atom. The molecule has 2 rings (SSSR count). The van der Waals surface area contributed by atoms with Crippen LogP contribution in [0.3, 0.4) is 0 Å². The van der Waals surface area contributed by atoms with E-state index in [4.69, 9.17) is 0 Å². The molecule has 1 aliphatic carbocycles. The van der Waals surface area contributed by atoms with E-state index in [1.165, 1.54) is 25.7 Å². The molecule has 0 aromatic carbocycles. The van der Waals surface area contributed by atoms with Crippen LogP contribution >= 0.6 is 0 Å². The minimum Gasteiger partial charge on any atom is -0.396 e. The second kappa shape index (κ2) is 5.80. The van der Waals surface area contributed by atoms with Gasteiger partial charge in [-0.25, -0.2) is 0 Å². The second-order valence-corrected chi connectivity index (χ2v) is 6.70. The fourth-order valence-corrected chi connectivity index (χ4v) is 3.79. The van der Waals surface area contributed by atoms with E-state index in [-0.39, 0.29) is 24.1 Å². The van der Waals surface area contributed by atoms with Crippen LogP contribution in [-0.2, 0) is 4.79 Å². The summed E-state index contributed by atoms with van der Waals surface area (Å²) in [6.45, 7) is 5.41. The molecule has 1 atom stereocenters. The average molecular weight is 268 g/mol. The van der Waals surface area contributed by atoms with Crippen molar-refractivity contribution in [3.63, 3.8) is 0 Å². The standard InChI is InChI=1S/C15H28N2O2/c1-15(2)9-10-16(3)14(19)13(8-11-18)17(15)12-6-4-5-7-12/h12-13,18H,4-11H2,1-3H3. The summed E-state index contributed by atoms with van der Waals surface area (Å²) in [4.78, 5) is 16.8. The first-order chi connectivity index (χ1) is 8.97. The van der Waals surface area contributed by atoms with Gasteiger partial charge in [-0.3, -0.25) is 9.69 Å². The van der Waals surface area contributed by atoms with E-state index in [0.29, 0.717) is 12.5 Å². The van der Waals surface area contributed by atoms with Crippen LogP contribution in [0.1, 0.15) is 52.4 Å². The first-order valence-corrected chi connectivity index (χ1v) is 7.61. The molecule has 1 unspecified atom stereocenters. The van der Waals surface area contributed by atoms with Crippen LogP contribution in [0.15, 0.2) is 0 Å². The Morgan fingerprint density at radius 3 is 2.53 bits per heavy atom. The third-order valence-electron chi connectivity index (χ3n) is 4.88. The van der Waals surface area contributed by atoms with Crippen molar-refractivity contribution in [3.05, 3.63) is 0 Å². The molecule has 0 aromatic rings. The number of hydrogen-bond acceptors (Lipinski definition) is 3. The number of carbonyl (C=O) groups is 1. The first-order valence-electron chi connectivity index (χ1n) is 7.61. The number of likely N-dealkylation sites (N-methyl/N-ethyl adjacent to an activating group) is 1. The van der Waals surface area contributed by atoms with Gasteiger partial charge in [0.2, 0.25) is 5.91 Å². The van der Waals surface area contributed by atoms with E-state index in [2.05, 4.69) is 18.7 Å². The van der Waals surface area contributed by atoms with E-state index in [0.717, 1.165) is 13.0 Å². The molecular weight excluding hydrogens is 240 g/mol. The zero-order valence-electron chi connectivity index (χ0n) is 12.6. The second-order valence-electron chi connectivity index (χ2n) is 6.70. The monoisotopic (exact) mass is 268 g/mol. The smallest absolute Gasteiger partial charge is 0.239 e. The third-order valence-corrected chi connectivity index (χ3v) is 4.88. The SMILES string of the molecule is CN1CCC(C)(C)N(C2CCCC2)C(CCO)C1=O. The van der Waals surface area contributed by atoms with E-state index in [1.807, 2.05) is 11.9 Å². The molecule has 0 bridgehead atoms. The van der Waals surface area contributed by atoms with Gasteiger partial charge in [0.1, 0.15) is 0 Å². The highest BCUT2D eigenvalue weighted by Crippen LogP contribution is 2.35. The fraction of sp³-hybridized carbons (Fsp3) is 0.933. The Hall–Kier alpha value is -0.610. The number of carbonyl (C=O) groups excluding carboxylic acids is 1. The van der Waals surface area contributed by atoms with Crippen molar-refractivity contribution in [1.29, 1.82) is 0 Å².